The van der Waals surface area contributed by atoms with E-state index in [1.165, 1.54) is 0 Å². The van der Waals surface area contributed by atoms with Gasteiger partial charge in [-0.15, -0.1) is 0 Å². The maximum absolute atomic E-state index is 13.0. The maximum atomic E-state index is 13.0. The molecule has 0 saturated carbocycles. The molecule has 0 aromatic rings. The van der Waals surface area contributed by atoms with Crippen LogP contribution in [0.4, 0.5) is 4.39 Å². The van der Waals surface area contributed by atoms with Gasteiger partial charge in [-0.05, 0) is 31.9 Å². The van der Waals surface area contributed by atoms with Crippen LogP contribution in [0.5, 0.6) is 0 Å². The highest BCUT2D eigenvalue weighted by Crippen LogP contribution is 2.25. The molecule has 0 heterocycles. The van der Waals surface area contributed by atoms with E-state index < -0.39 is 6.17 Å². The second kappa shape index (κ2) is 2.57. The van der Waals surface area contributed by atoms with Crippen molar-refractivity contribution < 1.29 is 4.39 Å². The average Bonchev–Trinajstić information content (AvgIpc) is 1.82. The zero-order valence-corrected chi connectivity index (χ0v) is 6.74. The van der Waals surface area contributed by atoms with E-state index in [0.717, 1.165) is 16.7 Å². The Bertz CT molecular complexity index is 199. The van der Waals surface area contributed by atoms with Gasteiger partial charge in [-0.1, -0.05) is 11.6 Å². The van der Waals surface area contributed by atoms with E-state index in [-0.39, 0.29) is 0 Å². The van der Waals surface area contributed by atoms with Crippen LogP contribution in [0.2, 0.25) is 0 Å². The van der Waals surface area contributed by atoms with Gasteiger partial charge in [0.25, 0.3) is 0 Å². The highest BCUT2D eigenvalue weighted by atomic mass is 19.1. The molecular weight excluding hydrogens is 127 g/mol. The summed E-state index contributed by atoms with van der Waals surface area (Å²) in [6, 6.07) is 0. The number of allylic oxidation sites excluding steroid dienone is 4. The van der Waals surface area contributed by atoms with Crippen LogP contribution in [-0.4, -0.2) is 6.17 Å². The highest BCUT2D eigenvalue weighted by molar-refractivity contribution is 5.33. The minimum Gasteiger partial charge on any atom is -0.242 e. The van der Waals surface area contributed by atoms with Gasteiger partial charge in [0.2, 0.25) is 0 Å². The third-order valence-electron chi connectivity index (χ3n) is 2.06. The van der Waals surface area contributed by atoms with Crippen molar-refractivity contribution in [2.75, 3.05) is 0 Å². The van der Waals surface area contributed by atoms with E-state index in [4.69, 9.17) is 0 Å². The van der Waals surface area contributed by atoms with Crippen LogP contribution in [0.3, 0.4) is 0 Å². The molecule has 1 atom stereocenters. The van der Waals surface area contributed by atoms with E-state index in [0.29, 0.717) is 6.42 Å². The molecule has 0 nitrogen and oxygen atoms in total. The molecule has 0 aliphatic heterocycles. The number of hydrogen-bond acceptors (Lipinski definition) is 0. The molecule has 0 radical (unpaired) electrons. The molecule has 0 aromatic heterocycles. The van der Waals surface area contributed by atoms with E-state index in [2.05, 4.69) is 6.08 Å². The van der Waals surface area contributed by atoms with Crippen molar-refractivity contribution in [1.29, 1.82) is 0 Å². The normalized spacial score (nSPS) is 26.8. The Morgan fingerprint density at radius 3 is 2.50 bits per heavy atom. The zero-order valence-electron chi connectivity index (χ0n) is 6.74. The van der Waals surface area contributed by atoms with Crippen molar-refractivity contribution in [3.63, 3.8) is 0 Å². The lowest BCUT2D eigenvalue weighted by atomic mass is 9.93. The Morgan fingerprint density at radius 2 is 2.00 bits per heavy atom. The fourth-order valence-corrected chi connectivity index (χ4v) is 1.23. The van der Waals surface area contributed by atoms with Crippen molar-refractivity contribution >= 4 is 0 Å². The van der Waals surface area contributed by atoms with E-state index in [9.17, 15) is 4.39 Å². The first-order valence-corrected chi connectivity index (χ1v) is 3.60. The molecule has 0 saturated heterocycles. The van der Waals surface area contributed by atoms with Crippen LogP contribution < -0.4 is 0 Å². The first-order valence-electron chi connectivity index (χ1n) is 3.60. The summed E-state index contributed by atoms with van der Waals surface area (Å²) in [6.45, 7) is 5.80. The molecule has 0 aromatic carbocycles. The second-order valence-electron chi connectivity index (χ2n) is 3.03. The fraction of sp³-hybridized carbons (Fsp3) is 0.556. The molecule has 1 aliphatic carbocycles. The summed E-state index contributed by atoms with van der Waals surface area (Å²) in [5, 5.41) is 0. The third-order valence-corrected chi connectivity index (χ3v) is 2.06. The lowest BCUT2D eigenvalue weighted by Crippen LogP contribution is -2.08. The highest BCUT2D eigenvalue weighted by Gasteiger charge is 2.15. The van der Waals surface area contributed by atoms with Crippen LogP contribution in [0, 0.1) is 0 Å². The molecule has 0 fully saturated rings. The SMILES string of the molecule is CC1=CC(C)=C(C)C(F)C1. The van der Waals surface area contributed by atoms with Gasteiger partial charge in [0.1, 0.15) is 6.17 Å². The predicted octanol–water partition coefficient (Wildman–Crippen LogP) is 3.01. The van der Waals surface area contributed by atoms with Crippen LogP contribution in [0.25, 0.3) is 0 Å². The molecule has 1 rings (SSSR count). The van der Waals surface area contributed by atoms with Crippen molar-refractivity contribution in [3.8, 4) is 0 Å². The number of alkyl halides is 1. The number of rotatable bonds is 0. The fourth-order valence-electron chi connectivity index (χ4n) is 1.23. The summed E-state index contributed by atoms with van der Waals surface area (Å²) < 4.78 is 13.0. The average molecular weight is 140 g/mol. The van der Waals surface area contributed by atoms with Gasteiger partial charge in [0.15, 0.2) is 0 Å². The summed E-state index contributed by atoms with van der Waals surface area (Å²) in [6.07, 6.45) is 1.92. The van der Waals surface area contributed by atoms with Crippen LogP contribution in [0.15, 0.2) is 22.8 Å². The van der Waals surface area contributed by atoms with Crippen LogP contribution in [0.1, 0.15) is 27.2 Å². The summed E-state index contributed by atoms with van der Waals surface area (Å²) in [4.78, 5) is 0. The molecular formula is C9H13F. The largest absolute Gasteiger partial charge is 0.242 e. The lowest BCUT2D eigenvalue weighted by molar-refractivity contribution is 0.374. The summed E-state index contributed by atoms with van der Waals surface area (Å²) >= 11 is 0. The minimum atomic E-state index is -0.731. The van der Waals surface area contributed by atoms with E-state index >= 15 is 0 Å². The Hall–Kier alpha value is -0.590. The Labute approximate surface area is 61.4 Å². The molecule has 0 spiro atoms. The van der Waals surface area contributed by atoms with Crippen LogP contribution in [-0.2, 0) is 0 Å². The molecule has 56 valence electrons. The first-order chi connectivity index (χ1) is 4.61. The quantitative estimate of drug-likeness (QED) is 0.485. The topological polar surface area (TPSA) is 0 Å². The lowest BCUT2D eigenvalue weighted by Gasteiger charge is -2.16. The van der Waals surface area contributed by atoms with Crippen molar-refractivity contribution in [2.45, 2.75) is 33.4 Å². The summed E-state index contributed by atoms with van der Waals surface area (Å²) in [5.74, 6) is 0. The van der Waals surface area contributed by atoms with E-state index in [1.54, 1.807) is 0 Å². The first kappa shape index (κ1) is 7.52. The predicted molar refractivity (Wildman–Crippen MR) is 41.6 cm³/mol. The van der Waals surface area contributed by atoms with E-state index in [1.807, 2.05) is 20.8 Å². The van der Waals surface area contributed by atoms with Crippen LogP contribution >= 0.6 is 0 Å². The Morgan fingerprint density at radius 1 is 1.40 bits per heavy atom. The van der Waals surface area contributed by atoms with Crippen molar-refractivity contribution in [1.82, 2.24) is 0 Å². The second-order valence-corrected chi connectivity index (χ2v) is 3.03. The van der Waals surface area contributed by atoms with Gasteiger partial charge >= 0.3 is 0 Å². The van der Waals surface area contributed by atoms with Gasteiger partial charge in [0.05, 0.1) is 0 Å². The molecule has 1 unspecified atom stereocenters. The Balaban J connectivity index is 2.92. The van der Waals surface area contributed by atoms with Gasteiger partial charge in [-0.25, -0.2) is 4.39 Å². The third kappa shape index (κ3) is 1.28. The summed E-state index contributed by atoms with van der Waals surface area (Å²) in [7, 11) is 0. The standard InChI is InChI=1S/C9H13F/c1-6-4-7(2)8(3)9(10)5-6/h4,9H,5H2,1-3H3. The molecule has 10 heavy (non-hydrogen) atoms. The molecule has 0 N–H and O–H groups in total. The molecule has 1 heteroatoms. The van der Waals surface area contributed by atoms with Gasteiger partial charge < -0.3 is 0 Å². The van der Waals surface area contributed by atoms with Crippen molar-refractivity contribution in [3.05, 3.63) is 22.8 Å². The number of halogens is 1. The molecule has 1 aliphatic rings. The molecule has 0 bridgehead atoms. The maximum Gasteiger partial charge on any atom is 0.125 e. The van der Waals surface area contributed by atoms with Gasteiger partial charge in [-0.3, -0.25) is 0 Å². The smallest absolute Gasteiger partial charge is 0.125 e. The molecule has 0 amide bonds. The Kier molecular flexibility index (Phi) is 1.93. The van der Waals surface area contributed by atoms with Gasteiger partial charge in [-0.2, -0.15) is 0 Å². The van der Waals surface area contributed by atoms with Crippen molar-refractivity contribution in [2.24, 2.45) is 0 Å². The number of hydrogen-bond donors (Lipinski definition) is 0. The minimum absolute atomic E-state index is 0.586. The zero-order chi connectivity index (χ0) is 7.72. The summed E-state index contributed by atoms with van der Waals surface area (Å²) in [5.41, 5.74) is 3.14. The monoisotopic (exact) mass is 140 g/mol. The van der Waals surface area contributed by atoms with Gasteiger partial charge in [0, 0.05) is 6.42 Å².